The van der Waals surface area contributed by atoms with Crippen molar-refractivity contribution in [2.24, 2.45) is 0 Å². The largest absolute Gasteiger partial charge is 0.368 e. The van der Waals surface area contributed by atoms with E-state index in [1.54, 1.807) is 17.3 Å². The molecule has 6 heteroatoms. The van der Waals surface area contributed by atoms with Gasteiger partial charge >= 0.3 is 0 Å². The molecule has 1 aromatic carbocycles. The third-order valence-electron chi connectivity index (χ3n) is 5.07. The van der Waals surface area contributed by atoms with Gasteiger partial charge in [-0.15, -0.1) is 0 Å². The number of nitrogens with one attached hydrogen (secondary N) is 1. The zero-order valence-corrected chi connectivity index (χ0v) is 15.9. The lowest BCUT2D eigenvalue weighted by atomic mass is 10.1. The van der Waals surface area contributed by atoms with Gasteiger partial charge in [-0.2, -0.15) is 0 Å². The number of amides is 2. The van der Waals surface area contributed by atoms with Crippen molar-refractivity contribution in [1.29, 1.82) is 0 Å². The van der Waals surface area contributed by atoms with Crippen LogP contribution in [0.15, 0.2) is 42.7 Å². The Morgan fingerprint density at radius 3 is 2.56 bits per heavy atom. The van der Waals surface area contributed by atoms with E-state index in [-0.39, 0.29) is 18.2 Å². The van der Waals surface area contributed by atoms with Gasteiger partial charge in [0.2, 0.25) is 11.8 Å². The topological polar surface area (TPSA) is 65.5 Å². The van der Waals surface area contributed by atoms with Crippen molar-refractivity contribution in [3.63, 3.8) is 0 Å². The molecular formula is C21H26N4O2. The molecule has 1 aliphatic heterocycles. The van der Waals surface area contributed by atoms with Gasteiger partial charge in [-0.3, -0.25) is 14.6 Å². The molecule has 0 radical (unpaired) electrons. The summed E-state index contributed by atoms with van der Waals surface area (Å²) in [5.74, 6) is -0.361. The Bertz CT molecular complexity index is 799. The number of anilines is 1. The molecule has 0 saturated carbocycles. The predicted molar refractivity (Wildman–Crippen MR) is 105 cm³/mol. The summed E-state index contributed by atoms with van der Waals surface area (Å²) in [5, 5.41) is 2.78. The number of hydrogen-bond acceptors (Lipinski definition) is 4. The summed E-state index contributed by atoms with van der Waals surface area (Å²) < 4.78 is 0. The van der Waals surface area contributed by atoms with E-state index < -0.39 is 0 Å². The maximum Gasteiger partial charge on any atom is 0.232 e. The van der Waals surface area contributed by atoms with E-state index in [0.717, 1.165) is 18.7 Å². The first-order valence-corrected chi connectivity index (χ1v) is 9.29. The number of piperazine rings is 1. The van der Waals surface area contributed by atoms with Gasteiger partial charge in [0, 0.05) is 50.8 Å². The number of carbonyl (C=O) groups excluding carboxylic acids is 2. The highest BCUT2D eigenvalue weighted by molar-refractivity contribution is 5.96. The number of carbonyl (C=O) groups is 2. The number of rotatable bonds is 5. The van der Waals surface area contributed by atoms with E-state index in [1.807, 2.05) is 12.1 Å². The first kappa shape index (κ1) is 18.9. The molecule has 1 aromatic heterocycles. The van der Waals surface area contributed by atoms with Crippen LogP contribution >= 0.6 is 0 Å². The van der Waals surface area contributed by atoms with Gasteiger partial charge in [0.15, 0.2) is 0 Å². The first-order chi connectivity index (χ1) is 13.0. The summed E-state index contributed by atoms with van der Waals surface area (Å²) in [4.78, 5) is 32.6. The third-order valence-corrected chi connectivity index (χ3v) is 5.07. The van der Waals surface area contributed by atoms with Crippen LogP contribution in [0.3, 0.4) is 0 Å². The van der Waals surface area contributed by atoms with Crippen molar-refractivity contribution < 1.29 is 9.59 Å². The standard InChI is InChI=1S/C21H26N4O2/c1-16-5-3-7-19(17(16)2)24-9-11-25(12-10-24)21(27)13-20(26)23-15-18-6-4-8-22-14-18/h3-8,14H,9-13,15H2,1-2H3,(H,23,26). The molecule has 2 aromatic rings. The molecule has 0 spiro atoms. The number of benzene rings is 1. The van der Waals surface area contributed by atoms with Crippen LogP contribution in [0.25, 0.3) is 0 Å². The maximum absolute atomic E-state index is 12.4. The van der Waals surface area contributed by atoms with Crippen molar-refractivity contribution in [1.82, 2.24) is 15.2 Å². The van der Waals surface area contributed by atoms with Gasteiger partial charge in [-0.05, 0) is 42.7 Å². The lowest BCUT2D eigenvalue weighted by Crippen LogP contribution is -2.49. The molecule has 0 bridgehead atoms. The van der Waals surface area contributed by atoms with Gasteiger partial charge in [0.25, 0.3) is 0 Å². The van der Waals surface area contributed by atoms with Gasteiger partial charge < -0.3 is 15.1 Å². The summed E-state index contributed by atoms with van der Waals surface area (Å²) in [6.45, 7) is 7.49. The Morgan fingerprint density at radius 1 is 1.07 bits per heavy atom. The van der Waals surface area contributed by atoms with Crippen LogP contribution < -0.4 is 10.2 Å². The SMILES string of the molecule is Cc1cccc(N2CCN(C(=O)CC(=O)NCc3cccnc3)CC2)c1C. The normalized spacial score (nSPS) is 14.1. The number of pyridine rings is 1. The molecule has 1 N–H and O–H groups in total. The fourth-order valence-corrected chi connectivity index (χ4v) is 3.29. The van der Waals surface area contributed by atoms with E-state index in [1.165, 1.54) is 16.8 Å². The molecular weight excluding hydrogens is 340 g/mol. The van der Waals surface area contributed by atoms with E-state index in [2.05, 4.69) is 47.2 Å². The lowest BCUT2D eigenvalue weighted by Gasteiger charge is -2.37. The van der Waals surface area contributed by atoms with Crippen LogP contribution in [-0.4, -0.2) is 47.9 Å². The molecule has 2 amide bonds. The molecule has 6 nitrogen and oxygen atoms in total. The number of aromatic nitrogens is 1. The highest BCUT2D eigenvalue weighted by atomic mass is 16.2. The van der Waals surface area contributed by atoms with Crippen molar-refractivity contribution in [2.75, 3.05) is 31.1 Å². The Labute approximate surface area is 160 Å². The fraction of sp³-hybridized carbons (Fsp3) is 0.381. The average molecular weight is 366 g/mol. The van der Waals surface area contributed by atoms with Crippen molar-refractivity contribution in [2.45, 2.75) is 26.8 Å². The molecule has 2 heterocycles. The fourth-order valence-electron chi connectivity index (χ4n) is 3.29. The van der Waals surface area contributed by atoms with Crippen LogP contribution in [0.5, 0.6) is 0 Å². The molecule has 0 aliphatic carbocycles. The minimum atomic E-state index is -0.249. The maximum atomic E-state index is 12.4. The number of nitrogens with zero attached hydrogens (tertiary/aromatic N) is 3. The van der Waals surface area contributed by atoms with Crippen molar-refractivity contribution >= 4 is 17.5 Å². The van der Waals surface area contributed by atoms with E-state index >= 15 is 0 Å². The van der Waals surface area contributed by atoms with E-state index in [0.29, 0.717) is 19.6 Å². The second-order valence-electron chi connectivity index (χ2n) is 6.90. The molecule has 27 heavy (non-hydrogen) atoms. The van der Waals surface area contributed by atoms with Crippen LogP contribution in [0.2, 0.25) is 0 Å². The first-order valence-electron chi connectivity index (χ1n) is 9.29. The number of aryl methyl sites for hydroxylation is 1. The Morgan fingerprint density at radius 2 is 1.85 bits per heavy atom. The highest BCUT2D eigenvalue weighted by Crippen LogP contribution is 2.23. The van der Waals surface area contributed by atoms with E-state index in [4.69, 9.17) is 0 Å². The summed E-state index contributed by atoms with van der Waals surface area (Å²) >= 11 is 0. The second-order valence-corrected chi connectivity index (χ2v) is 6.90. The third kappa shape index (κ3) is 4.84. The van der Waals surface area contributed by atoms with Crippen LogP contribution in [0.1, 0.15) is 23.1 Å². The molecule has 3 rings (SSSR count). The van der Waals surface area contributed by atoms with Gasteiger partial charge in [-0.1, -0.05) is 18.2 Å². The molecule has 0 unspecified atom stereocenters. The summed E-state index contributed by atoms with van der Waals surface area (Å²) in [6.07, 6.45) is 3.28. The second kappa shape index (κ2) is 8.66. The zero-order valence-electron chi connectivity index (χ0n) is 15.9. The minimum Gasteiger partial charge on any atom is -0.368 e. The molecule has 142 valence electrons. The summed E-state index contributed by atoms with van der Waals surface area (Å²) in [6, 6.07) is 10.0. The van der Waals surface area contributed by atoms with Crippen LogP contribution in [0.4, 0.5) is 5.69 Å². The van der Waals surface area contributed by atoms with Crippen molar-refractivity contribution in [3.05, 3.63) is 59.4 Å². The minimum absolute atomic E-state index is 0.107. The lowest BCUT2D eigenvalue weighted by molar-refractivity contribution is -0.136. The smallest absolute Gasteiger partial charge is 0.232 e. The predicted octanol–water partition coefficient (Wildman–Crippen LogP) is 2.05. The zero-order chi connectivity index (χ0) is 19.2. The molecule has 0 atom stereocenters. The Balaban J connectivity index is 1.47. The van der Waals surface area contributed by atoms with Gasteiger partial charge in [-0.25, -0.2) is 0 Å². The van der Waals surface area contributed by atoms with Gasteiger partial charge in [0.1, 0.15) is 6.42 Å². The quantitative estimate of drug-likeness (QED) is 0.823. The molecule has 1 aliphatic rings. The van der Waals surface area contributed by atoms with Crippen LogP contribution in [-0.2, 0) is 16.1 Å². The van der Waals surface area contributed by atoms with E-state index in [9.17, 15) is 9.59 Å². The summed E-state index contributed by atoms with van der Waals surface area (Å²) in [7, 11) is 0. The summed E-state index contributed by atoms with van der Waals surface area (Å²) in [5.41, 5.74) is 4.71. The van der Waals surface area contributed by atoms with Crippen LogP contribution in [0, 0.1) is 13.8 Å². The van der Waals surface area contributed by atoms with Gasteiger partial charge in [0.05, 0.1) is 0 Å². The monoisotopic (exact) mass is 366 g/mol. The number of hydrogen-bond donors (Lipinski definition) is 1. The Kier molecular flexibility index (Phi) is 6.06. The highest BCUT2D eigenvalue weighted by Gasteiger charge is 2.23. The average Bonchev–Trinajstić information content (AvgIpc) is 2.69. The van der Waals surface area contributed by atoms with Crippen molar-refractivity contribution in [3.8, 4) is 0 Å². The molecule has 1 fully saturated rings. The Hall–Kier alpha value is -2.89. The molecule has 1 saturated heterocycles.